The van der Waals surface area contributed by atoms with Gasteiger partial charge < -0.3 is 23.5 Å². The Morgan fingerprint density at radius 3 is 2.46 bits per heavy atom. The average molecular weight is 479 g/mol. The molecule has 1 fully saturated rings. The molecule has 2 aliphatic rings. The molecule has 9 heteroatoms. The van der Waals surface area contributed by atoms with E-state index in [0.717, 1.165) is 13.1 Å². The fourth-order valence-corrected chi connectivity index (χ4v) is 4.70. The molecule has 0 radical (unpaired) electrons. The molecule has 0 aliphatic carbocycles. The first-order valence-corrected chi connectivity index (χ1v) is 11.5. The number of hydrogen-bond acceptors (Lipinski definition) is 8. The highest BCUT2D eigenvalue weighted by Crippen LogP contribution is 2.38. The van der Waals surface area contributed by atoms with Crippen LogP contribution in [0.15, 0.2) is 51.7 Å². The number of ether oxygens (including phenoxy) is 3. The Bertz CT molecular complexity index is 1330. The van der Waals surface area contributed by atoms with E-state index in [0.29, 0.717) is 59.7 Å². The molecule has 1 aromatic heterocycles. The normalized spacial score (nSPS) is 18.1. The third kappa shape index (κ3) is 4.17. The van der Waals surface area contributed by atoms with Crippen molar-refractivity contribution in [1.29, 1.82) is 0 Å². The molecular weight excluding hydrogens is 452 g/mol. The van der Waals surface area contributed by atoms with Crippen LogP contribution in [0.1, 0.15) is 38.1 Å². The first-order valence-electron chi connectivity index (χ1n) is 11.5. The number of benzene rings is 2. The molecule has 2 aliphatic heterocycles. The summed E-state index contributed by atoms with van der Waals surface area (Å²) in [4.78, 5) is 43.0. The van der Waals surface area contributed by atoms with Crippen molar-refractivity contribution in [2.24, 2.45) is 0 Å². The molecule has 1 saturated heterocycles. The standard InChI is InChI=1S/C26H26N2O7/c1-32-18-7-8-19-20(15-18)35-24-21(23(19)29)22(16-3-5-17(6-4-16)26(31)33-2)28(25(24)30)10-9-27-11-13-34-14-12-27/h3-8,15,22H,9-14H2,1-2H3/t22-/m0/s1. The third-order valence-corrected chi connectivity index (χ3v) is 6.58. The second-order valence-corrected chi connectivity index (χ2v) is 8.50. The van der Waals surface area contributed by atoms with Gasteiger partial charge in [0.15, 0.2) is 5.43 Å². The minimum atomic E-state index is -0.631. The maximum absolute atomic E-state index is 13.6. The fourth-order valence-electron chi connectivity index (χ4n) is 4.70. The monoisotopic (exact) mass is 478 g/mol. The molecule has 1 amide bonds. The molecular formula is C26H26N2O7. The van der Waals surface area contributed by atoms with Crippen molar-refractivity contribution in [3.8, 4) is 5.75 Å². The van der Waals surface area contributed by atoms with E-state index in [4.69, 9.17) is 18.6 Å². The maximum atomic E-state index is 13.6. The Hall–Kier alpha value is -3.69. The number of carbonyl (C=O) groups is 2. The molecule has 0 N–H and O–H groups in total. The summed E-state index contributed by atoms with van der Waals surface area (Å²) in [7, 11) is 2.85. The topological polar surface area (TPSA) is 98.5 Å². The number of nitrogens with zero attached hydrogens (tertiary/aromatic N) is 2. The number of esters is 1. The fraction of sp³-hybridized carbons (Fsp3) is 0.346. The zero-order chi connectivity index (χ0) is 24.5. The Morgan fingerprint density at radius 2 is 1.77 bits per heavy atom. The molecule has 0 spiro atoms. The van der Waals surface area contributed by atoms with Crippen LogP contribution in [0.2, 0.25) is 0 Å². The van der Waals surface area contributed by atoms with E-state index in [1.165, 1.54) is 14.2 Å². The first-order chi connectivity index (χ1) is 17.0. The number of fused-ring (bicyclic) bond motifs is 2. The lowest BCUT2D eigenvalue weighted by Gasteiger charge is -2.31. The highest BCUT2D eigenvalue weighted by molar-refractivity contribution is 5.99. The second-order valence-electron chi connectivity index (χ2n) is 8.50. The van der Waals surface area contributed by atoms with Gasteiger partial charge in [0, 0.05) is 32.2 Å². The first kappa shape index (κ1) is 23.1. The number of methoxy groups -OCH3 is 2. The van der Waals surface area contributed by atoms with Gasteiger partial charge in [-0.1, -0.05) is 12.1 Å². The Kier molecular flexibility index (Phi) is 6.27. The van der Waals surface area contributed by atoms with Crippen molar-refractivity contribution in [2.75, 3.05) is 53.6 Å². The number of carbonyl (C=O) groups excluding carboxylic acids is 2. The van der Waals surface area contributed by atoms with E-state index in [9.17, 15) is 14.4 Å². The summed E-state index contributed by atoms with van der Waals surface area (Å²) in [6, 6.07) is 11.1. The van der Waals surface area contributed by atoms with Crippen molar-refractivity contribution < 1.29 is 28.2 Å². The van der Waals surface area contributed by atoms with Crippen molar-refractivity contribution in [2.45, 2.75) is 6.04 Å². The summed E-state index contributed by atoms with van der Waals surface area (Å²) in [5.74, 6) is -0.217. The lowest BCUT2D eigenvalue weighted by Crippen LogP contribution is -2.42. The summed E-state index contributed by atoms with van der Waals surface area (Å²) in [6.45, 7) is 3.93. The van der Waals surface area contributed by atoms with Crippen LogP contribution >= 0.6 is 0 Å². The summed E-state index contributed by atoms with van der Waals surface area (Å²) in [5, 5.41) is 0.378. The van der Waals surface area contributed by atoms with Gasteiger partial charge in [-0.15, -0.1) is 0 Å². The average Bonchev–Trinajstić information content (AvgIpc) is 3.18. The molecule has 0 bridgehead atoms. The van der Waals surface area contributed by atoms with E-state index >= 15 is 0 Å². The maximum Gasteiger partial charge on any atom is 0.337 e. The molecule has 9 nitrogen and oxygen atoms in total. The van der Waals surface area contributed by atoms with Crippen LogP contribution in [0, 0.1) is 0 Å². The van der Waals surface area contributed by atoms with Gasteiger partial charge in [0.2, 0.25) is 5.76 Å². The Balaban J connectivity index is 1.59. The van der Waals surface area contributed by atoms with Crippen molar-refractivity contribution in [3.63, 3.8) is 0 Å². The Morgan fingerprint density at radius 1 is 1.03 bits per heavy atom. The molecule has 1 atom stereocenters. The van der Waals surface area contributed by atoms with Gasteiger partial charge in [-0.3, -0.25) is 14.5 Å². The molecule has 2 aromatic carbocycles. The van der Waals surface area contributed by atoms with E-state index in [2.05, 4.69) is 4.90 Å². The number of rotatable bonds is 6. The van der Waals surface area contributed by atoms with Crippen molar-refractivity contribution >= 4 is 22.8 Å². The molecule has 182 valence electrons. The zero-order valence-electron chi connectivity index (χ0n) is 19.6. The molecule has 0 unspecified atom stereocenters. The van der Waals surface area contributed by atoms with Crippen LogP contribution in [0.5, 0.6) is 5.75 Å². The third-order valence-electron chi connectivity index (χ3n) is 6.58. The van der Waals surface area contributed by atoms with Gasteiger partial charge in [-0.05, 0) is 29.8 Å². The van der Waals surface area contributed by atoms with E-state index in [1.807, 2.05) is 0 Å². The summed E-state index contributed by atoms with van der Waals surface area (Å²) < 4.78 is 21.5. The van der Waals surface area contributed by atoms with Gasteiger partial charge in [-0.2, -0.15) is 0 Å². The number of morpholine rings is 1. The second kappa shape index (κ2) is 9.52. The summed E-state index contributed by atoms with van der Waals surface area (Å²) in [5.41, 5.74) is 1.45. The predicted octanol–water partition coefficient (Wildman–Crippen LogP) is 2.47. The number of hydrogen-bond donors (Lipinski definition) is 0. The van der Waals surface area contributed by atoms with Crippen LogP contribution in [-0.4, -0.2) is 75.3 Å². The van der Waals surface area contributed by atoms with E-state index in [1.54, 1.807) is 47.4 Å². The molecule has 3 heterocycles. The highest BCUT2D eigenvalue weighted by Gasteiger charge is 2.42. The van der Waals surface area contributed by atoms with Crippen molar-refractivity contribution in [1.82, 2.24) is 9.80 Å². The van der Waals surface area contributed by atoms with Crippen LogP contribution in [0.25, 0.3) is 11.0 Å². The number of amides is 1. The molecule has 5 rings (SSSR count). The Labute approximate surface area is 201 Å². The molecule has 0 saturated carbocycles. The SMILES string of the molecule is COC(=O)c1ccc([C@H]2c3c(oc4cc(OC)ccc4c3=O)C(=O)N2CCN2CCOCC2)cc1. The zero-order valence-corrected chi connectivity index (χ0v) is 19.6. The van der Waals surface area contributed by atoms with Crippen LogP contribution in [-0.2, 0) is 9.47 Å². The van der Waals surface area contributed by atoms with E-state index < -0.39 is 12.0 Å². The van der Waals surface area contributed by atoms with Gasteiger partial charge in [0.05, 0.1) is 50.0 Å². The van der Waals surface area contributed by atoms with Crippen LogP contribution in [0.4, 0.5) is 0 Å². The van der Waals surface area contributed by atoms with E-state index in [-0.39, 0.29) is 17.1 Å². The summed E-state index contributed by atoms with van der Waals surface area (Å²) in [6.07, 6.45) is 0. The van der Waals surface area contributed by atoms with Gasteiger partial charge in [0.25, 0.3) is 5.91 Å². The van der Waals surface area contributed by atoms with Gasteiger partial charge in [-0.25, -0.2) is 4.79 Å². The largest absolute Gasteiger partial charge is 0.497 e. The lowest BCUT2D eigenvalue weighted by molar-refractivity contribution is 0.0314. The van der Waals surface area contributed by atoms with Gasteiger partial charge >= 0.3 is 5.97 Å². The van der Waals surface area contributed by atoms with Crippen LogP contribution in [0.3, 0.4) is 0 Å². The quantitative estimate of drug-likeness (QED) is 0.499. The lowest BCUT2D eigenvalue weighted by atomic mass is 9.97. The van der Waals surface area contributed by atoms with Crippen LogP contribution < -0.4 is 10.2 Å². The minimum absolute atomic E-state index is 0.0415. The highest BCUT2D eigenvalue weighted by atomic mass is 16.5. The minimum Gasteiger partial charge on any atom is -0.497 e. The van der Waals surface area contributed by atoms with Gasteiger partial charge in [0.1, 0.15) is 11.3 Å². The summed E-state index contributed by atoms with van der Waals surface area (Å²) >= 11 is 0. The van der Waals surface area contributed by atoms with Crippen molar-refractivity contribution in [3.05, 3.63) is 75.1 Å². The predicted molar refractivity (Wildman–Crippen MR) is 127 cm³/mol. The molecule has 3 aromatic rings. The smallest absolute Gasteiger partial charge is 0.337 e. The molecule has 35 heavy (non-hydrogen) atoms.